The second kappa shape index (κ2) is 42.0. The topological polar surface area (TPSA) is 213 Å². The van der Waals surface area contributed by atoms with Gasteiger partial charge < -0.3 is 55.6 Å². The summed E-state index contributed by atoms with van der Waals surface area (Å²) >= 11 is 0. The van der Waals surface area contributed by atoms with Crippen molar-refractivity contribution in [2.45, 2.75) is 251 Å². The molecule has 18 nitrogen and oxygen atoms in total. The van der Waals surface area contributed by atoms with Crippen LogP contribution in [0.4, 0.5) is 0 Å². The van der Waals surface area contributed by atoms with E-state index in [1.807, 2.05) is 33.1 Å². The molecule has 0 aromatic carbocycles. The maximum atomic E-state index is 13.6. The monoisotopic (exact) mass is 1330 g/mol. The molecule has 0 aliphatic heterocycles. The summed E-state index contributed by atoms with van der Waals surface area (Å²) in [5.41, 5.74) is -0.691. The molecule has 6 aliphatic rings. The quantitative estimate of drug-likeness (QED) is 0.0241. The van der Waals surface area contributed by atoms with E-state index in [-0.39, 0.29) is 61.6 Å². The highest BCUT2D eigenvalue weighted by molar-refractivity contribution is 6.80. The fourth-order valence-electron chi connectivity index (χ4n) is 16.4. The molecule has 6 rings (SSSR count). The zero-order valence-electron chi connectivity index (χ0n) is 58.6. The molecule has 0 bridgehead atoms. The molecular formula is C72H126O18Si2. The summed E-state index contributed by atoms with van der Waals surface area (Å²) in [7, 11) is -1.25. The summed E-state index contributed by atoms with van der Waals surface area (Å²) in [6.07, 6.45) is 33.4. The van der Waals surface area contributed by atoms with Crippen LogP contribution in [0.15, 0.2) is 0 Å². The molecule has 0 heterocycles. The summed E-state index contributed by atoms with van der Waals surface area (Å²) in [6, 6.07) is 0. The third-order valence-corrected chi connectivity index (χ3v) is 27.4. The lowest BCUT2D eigenvalue weighted by atomic mass is 9.72. The largest absolute Gasteiger partial charge is 0.495 e. The first-order valence-corrected chi connectivity index (χ1v) is 42.2. The van der Waals surface area contributed by atoms with Crippen LogP contribution in [-0.2, 0) is 84.4 Å². The second-order valence-corrected chi connectivity index (χ2v) is 37.1. The summed E-state index contributed by atoms with van der Waals surface area (Å²) in [6.45, 7) is 13.7. The Morgan fingerprint density at radius 3 is 0.815 bits per heavy atom. The zero-order valence-corrected chi connectivity index (χ0v) is 60.6. The molecule has 0 radical (unpaired) electrons. The van der Waals surface area contributed by atoms with Gasteiger partial charge in [0.15, 0.2) is 0 Å². The van der Waals surface area contributed by atoms with E-state index in [0.29, 0.717) is 151 Å². The van der Waals surface area contributed by atoms with Crippen LogP contribution < -0.4 is 0 Å². The van der Waals surface area contributed by atoms with Crippen molar-refractivity contribution in [3.05, 3.63) is 0 Å². The number of hydrogen-bond donors (Lipinski definition) is 0. The maximum Gasteiger partial charge on any atom is 0.387 e. The predicted octanol–water partition coefficient (Wildman–Crippen LogP) is 14.4. The Kier molecular flexibility index (Phi) is 35.6. The highest BCUT2D eigenvalue weighted by atomic mass is 28.5. The van der Waals surface area contributed by atoms with E-state index in [4.69, 9.17) is 55.6 Å². The molecule has 0 aromatic rings. The minimum absolute atomic E-state index is 0.0918. The second-order valence-electron chi connectivity index (χ2n) is 30.3. The molecule has 0 N–H and O–H groups in total. The molecule has 6 fully saturated rings. The van der Waals surface area contributed by atoms with Gasteiger partial charge in [-0.25, -0.2) is 0 Å². The molecule has 0 saturated heterocycles. The third-order valence-electron chi connectivity index (χ3n) is 22.0. The Balaban J connectivity index is 0.835. The number of hydrogen-bond acceptors (Lipinski definition) is 18. The van der Waals surface area contributed by atoms with E-state index in [2.05, 4.69) is 0 Å². The Morgan fingerprint density at radius 1 is 0.315 bits per heavy atom. The number of esters is 4. The van der Waals surface area contributed by atoms with E-state index in [0.717, 1.165) is 140 Å². The lowest BCUT2D eigenvalue weighted by molar-refractivity contribution is -0.160. The summed E-state index contributed by atoms with van der Waals surface area (Å²) in [5, 5.41) is 0. The smallest absolute Gasteiger partial charge is 0.387 e. The van der Waals surface area contributed by atoms with E-state index >= 15 is 0 Å². The van der Waals surface area contributed by atoms with Crippen molar-refractivity contribution in [3.63, 3.8) is 0 Å². The Labute approximate surface area is 556 Å². The van der Waals surface area contributed by atoms with Crippen molar-refractivity contribution >= 4 is 52.9 Å². The molecule has 1 unspecified atom stereocenters. The van der Waals surface area contributed by atoms with Crippen molar-refractivity contribution in [1.82, 2.24) is 0 Å². The van der Waals surface area contributed by atoms with Crippen LogP contribution in [0.3, 0.4) is 0 Å². The minimum Gasteiger partial charge on any atom is -0.495 e. The Bertz CT molecular complexity index is 2120. The van der Waals surface area contributed by atoms with Gasteiger partial charge in [-0.05, 0) is 200 Å². The molecule has 92 heavy (non-hydrogen) atoms. The molecule has 6 aliphatic carbocycles. The zero-order chi connectivity index (χ0) is 66.2. The first kappa shape index (κ1) is 78.0. The number of ether oxygens (including phenoxy) is 9. The average Bonchev–Trinajstić information content (AvgIpc) is 1.03. The van der Waals surface area contributed by atoms with Crippen LogP contribution in [0, 0.1) is 76.4 Å². The lowest BCUT2D eigenvalue weighted by Crippen LogP contribution is -2.50. The van der Waals surface area contributed by atoms with E-state index in [9.17, 15) is 28.8 Å². The highest BCUT2D eigenvalue weighted by Gasteiger charge is 2.43. The van der Waals surface area contributed by atoms with E-state index in [1.165, 1.54) is 59.2 Å². The van der Waals surface area contributed by atoms with Gasteiger partial charge in [-0.15, -0.1) is 0 Å². The first-order chi connectivity index (χ1) is 44.2. The van der Waals surface area contributed by atoms with Crippen LogP contribution in [0.25, 0.3) is 0 Å². The number of carbonyl (C=O) groups is 6. The van der Waals surface area contributed by atoms with Gasteiger partial charge in [0, 0.05) is 45.6 Å². The Morgan fingerprint density at radius 2 is 0.554 bits per heavy atom. The van der Waals surface area contributed by atoms with Crippen molar-refractivity contribution in [2.75, 3.05) is 94.0 Å². The maximum absolute atomic E-state index is 13.6. The van der Waals surface area contributed by atoms with Crippen LogP contribution in [-0.4, -0.2) is 147 Å². The van der Waals surface area contributed by atoms with Crippen molar-refractivity contribution in [3.8, 4) is 0 Å². The number of carbonyl (C=O) groups excluding carboxylic acids is 6. The summed E-state index contributed by atoms with van der Waals surface area (Å²) < 4.78 is 68.5. The van der Waals surface area contributed by atoms with Crippen LogP contribution in [0.2, 0.25) is 26.2 Å². The summed E-state index contributed by atoms with van der Waals surface area (Å²) in [4.78, 5) is 77.3. The average molecular weight is 1340 g/mol. The van der Waals surface area contributed by atoms with Crippen LogP contribution in [0.5, 0.6) is 0 Å². The fraction of sp³-hybridized carbons (Fsp3) is 0.917. The lowest BCUT2D eigenvalue weighted by Gasteiger charge is -2.35. The van der Waals surface area contributed by atoms with Crippen molar-refractivity contribution in [2.24, 2.45) is 76.4 Å². The molecule has 1 atom stereocenters. The minimum atomic E-state index is -2.92. The Hall–Kier alpha value is -2.99. The number of rotatable bonds is 41. The standard InChI is InChI=1S/C72H126O18Si2/c1-9-72(51-85-41-40-84-39-38-83-37-36-82-35-34-79-2,52-86-68(75)47-62-26-14-56(15-27-62)42-54-10-22-60(23-11-54)45-66(73)80-3)53-87-69(76)48-63-28-16-57(17-29-63)44-59-20-32-65(33-21-59)50-71(78)89-92(7,8)90-91(5,6)88-70(77)49-64-30-18-58(19-31-64)43-55-12-24-61(25-13-55)46-67(74)81-4/h54-65H,9-53H2,1-8H3. The molecule has 20 heteroatoms. The fourth-order valence-corrected chi connectivity index (χ4v) is 22.7. The van der Waals surface area contributed by atoms with Gasteiger partial charge >= 0.3 is 41.0 Å². The molecule has 6 saturated carbocycles. The summed E-state index contributed by atoms with van der Waals surface area (Å²) in [5.74, 6) is 5.25. The molecular weight excluding hydrogens is 1210 g/mol. The third kappa shape index (κ3) is 31.0. The molecule has 530 valence electrons. The van der Waals surface area contributed by atoms with Gasteiger partial charge in [-0.2, -0.15) is 0 Å². The predicted molar refractivity (Wildman–Crippen MR) is 356 cm³/mol. The highest BCUT2D eigenvalue weighted by Crippen LogP contribution is 2.44. The molecule has 0 aromatic heterocycles. The molecule has 0 amide bonds. The van der Waals surface area contributed by atoms with Gasteiger partial charge in [0.2, 0.25) is 0 Å². The van der Waals surface area contributed by atoms with Gasteiger partial charge in [0.25, 0.3) is 11.9 Å². The van der Waals surface area contributed by atoms with Crippen molar-refractivity contribution in [1.29, 1.82) is 0 Å². The first-order valence-electron chi connectivity index (χ1n) is 36.6. The van der Waals surface area contributed by atoms with Gasteiger partial charge in [0.1, 0.15) is 13.2 Å². The molecule has 0 spiro atoms. The van der Waals surface area contributed by atoms with Gasteiger partial charge in [-0.3, -0.25) is 28.8 Å². The number of methoxy groups -OCH3 is 3. The van der Waals surface area contributed by atoms with Gasteiger partial charge in [0.05, 0.1) is 79.1 Å². The van der Waals surface area contributed by atoms with Crippen LogP contribution >= 0.6 is 0 Å². The van der Waals surface area contributed by atoms with E-state index < -0.39 is 22.5 Å². The SMILES string of the molecule is CCC(COCCOCCOCCOCCOC)(COC(=O)CC1CCC(CC2CCC(CC(=O)OC)CC2)CC1)COC(=O)CC1CCC(CC2CCC(CC(=O)O[Si](C)(C)O[Si](C)(C)OC(=O)CC3CCC(CC4CCC(CC(=O)OC)CC4)CC3)CC2)CC1. The van der Waals surface area contributed by atoms with E-state index in [1.54, 1.807) is 7.11 Å². The van der Waals surface area contributed by atoms with Crippen LogP contribution in [0.1, 0.15) is 225 Å². The van der Waals surface area contributed by atoms with Crippen molar-refractivity contribution < 1.29 is 84.4 Å². The van der Waals surface area contributed by atoms with Gasteiger partial charge in [-0.1, -0.05) is 84.0 Å². The normalized spacial score (nSPS) is 28.0.